The van der Waals surface area contributed by atoms with Crippen LogP contribution in [-0.4, -0.2) is 13.1 Å². The molecule has 1 N–H and O–H groups in total. The molecule has 1 heterocycles. The molecule has 1 aliphatic heterocycles. The molecule has 0 aliphatic carbocycles. The Morgan fingerprint density at radius 1 is 1.33 bits per heavy atom. The number of nitrogens with one attached hydrogen (secondary N) is 1. The van der Waals surface area contributed by atoms with Crippen LogP contribution in [0.25, 0.3) is 5.57 Å². The molecule has 0 spiro atoms. The van der Waals surface area contributed by atoms with Crippen molar-refractivity contribution in [2.75, 3.05) is 13.1 Å². The molecule has 1 aliphatic rings. The minimum Gasteiger partial charge on any atom is -0.309 e. The van der Waals surface area contributed by atoms with Gasteiger partial charge in [-0.3, -0.25) is 0 Å². The number of hydrogen-bond acceptors (Lipinski definition) is 1. The van der Waals surface area contributed by atoms with Crippen molar-refractivity contribution in [2.45, 2.75) is 20.3 Å². The van der Waals surface area contributed by atoms with Crippen molar-refractivity contribution in [1.29, 1.82) is 0 Å². The van der Waals surface area contributed by atoms with Crippen LogP contribution in [0.15, 0.2) is 30.3 Å². The van der Waals surface area contributed by atoms with Gasteiger partial charge in [0.2, 0.25) is 0 Å². The van der Waals surface area contributed by atoms with E-state index in [2.05, 4.69) is 49.5 Å². The number of benzene rings is 1. The molecule has 1 nitrogen and oxygen atoms in total. The lowest BCUT2D eigenvalue weighted by atomic mass is 9.98. The normalized spacial score (nSPS) is 15.8. The summed E-state index contributed by atoms with van der Waals surface area (Å²) in [4.78, 5) is 0. The largest absolute Gasteiger partial charge is 0.309 e. The van der Waals surface area contributed by atoms with Crippen LogP contribution >= 0.6 is 0 Å². The Bertz CT molecular complexity index is 363. The first-order valence-corrected chi connectivity index (χ1v) is 5.75. The molecule has 0 amide bonds. The molecular formula is C14H19N. The predicted molar refractivity (Wildman–Crippen MR) is 65.8 cm³/mol. The Morgan fingerprint density at radius 2 is 2.20 bits per heavy atom. The van der Waals surface area contributed by atoms with E-state index in [0.29, 0.717) is 0 Å². The summed E-state index contributed by atoms with van der Waals surface area (Å²) < 4.78 is 0. The van der Waals surface area contributed by atoms with Crippen molar-refractivity contribution in [3.63, 3.8) is 0 Å². The third-order valence-electron chi connectivity index (χ3n) is 2.75. The zero-order chi connectivity index (χ0) is 10.7. The highest BCUT2D eigenvalue weighted by Gasteiger charge is 2.07. The maximum Gasteiger partial charge on any atom is 0.0211 e. The number of hydrogen-bond donors (Lipinski definition) is 1. The second-order valence-corrected chi connectivity index (χ2v) is 4.66. The fourth-order valence-electron chi connectivity index (χ4n) is 2.06. The molecule has 0 saturated carbocycles. The van der Waals surface area contributed by atoms with Crippen LogP contribution in [-0.2, 0) is 6.42 Å². The van der Waals surface area contributed by atoms with Crippen LogP contribution in [0.1, 0.15) is 25.0 Å². The third kappa shape index (κ3) is 2.69. The van der Waals surface area contributed by atoms with Crippen LogP contribution in [0.2, 0.25) is 0 Å². The van der Waals surface area contributed by atoms with E-state index in [1.165, 1.54) is 23.1 Å². The van der Waals surface area contributed by atoms with Gasteiger partial charge in [-0.05, 0) is 29.0 Å². The van der Waals surface area contributed by atoms with Gasteiger partial charge < -0.3 is 5.32 Å². The molecule has 0 atom stereocenters. The van der Waals surface area contributed by atoms with Crippen molar-refractivity contribution in [3.05, 3.63) is 41.5 Å². The van der Waals surface area contributed by atoms with Gasteiger partial charge in [0.05, 0.1) is 0 Å². The van der Waals surface area contributed by atoms with Gasteiger partial charge in [-0.25, -0.2) is 0 Å². The van der Waals surface area contributed by atoms with E-state index >= 15 is 0 Å². The van der Waals surface area contributed by atoms with Crippen LogP contribution in [0.5, 0.6) is 0 Å². The van der Waals surface area contributed by atoms with Gasteiger partial charge in [-0.15, -0.1) is 0 Å². The van der Waals surface area contributed by atoms with Gasteiger partial charge in [0.15, 0.2) is 0 Å². The molecule has 0 radical (unpaired) electrons. The molecular weight excluding hydrogens is 182 g/mol. The van der Waals surface area contributed by atoms with Gasteiger partial charge in [0.25, 0.3) is 0 Å². The van der Waals surface area contributed by atoms with Crippen LogP contribution in [0, 0.1) is 5.92 Å². The van der Waals surface area contributed by atoms with E-state index in [9.17, 15) is 0 Å². The summed E-state index contributed by atoms with van der Waals surface area (Å²) in [6.45, 7) is 6.57. The summed E-state index contributed by atoms with van der Waals surface area (Å²) in [7, 11) is 0. The van der Waals surface area contributed by atoms with E-state index in [-0.39, 0.29) is 0 Å². The van der Waals surface area contributed by atoms with E-state index in [4.69, 9.17) is 0 Å². The quantitative estimate of drug-likeness (QED) is 0.793. The molecule has 0 aromatic heterocycles. The molecule has 2 rings (SSSR count). The lowest BCUT2D eigenvalue weighted by molar-refractivity contribution is 0.647. The minimum absolute atomic E-state index is 0.732. The highest BCUT2D eigenvalue weighted by Crippen LogP contribution is 2.19. The monoisotopic (exact) mass is 201 g/mol. The summed E-state index contributed by atoms with van der Waals surface area (Å²) in [6, 6.07) is 8.94. The average Bonchev–Trinajstić information content (AvgIpc) is 2.69. The van der Waals surface area contributed by atoms with Crippen molar-refractivity contribution in [1.82, 2.24) is 5.32 Å². The van der Waals surface area contributed by atoms with E-state index in [1.807, 2.05) is 0 Å². The zero-order valence-electron chi connectivity index (χ0n) is 9.59. The fraction of sp³-hybridized carbons (Fsp3) is 0.429. The van der Waals surface area contributed by atoms with Crippen molar-refractivity contribution >= 4 is 5.57 Å². The summed E-state index contributed by atoms with van der Waals surface area (Å²) >= 11 is 0. The van der Waals surface area contributed by atoms with Crippen LogP contribution in [0.3, 0.4) is 0 Å². The fourth-order valence-corrected chi connectivity index (χ4v) is 2.06. The van der Waals surface area contributed by atoms with Gasteiger partial charge in [0, 0.05) is 13.1 Å². The minimum atomic E-state index is 0.732. The van der Waals surface area contributed by atoms with Crippen molar-refractivity contribution in [2.24, 2.45) is 5.92 Å². The summed E-state index contributed by atoms with van der Waals surface area (Å²) in [6.07, 6.45) is 3.46. The summed E-state index contributed by atoms with van der Waals surface area (Å²) in [5.41, 5.74) is 4.29. The highest BCUT2D eigenvalue weighted by molar-refractivity contribution is 5.69. The smallest absolute Gasteiger partial charge is 0.0211 e. The Balaban J connectivity index is 2.18. The zero-order valence-corrected chi connectivity index (χ0v) is 9.59. The van der Waals surface area contributed by atoms with Crippen molar-refractivity contribution < 1.29 is 0 Å². The van der Waals surface area contributed by atoms with E-state index < -0.39 is 0 Å². The van der Waals surface area contributed by atoms with Crippen LogP contribution < -0.4 is 5.32 Å². The Morgan fingerprint density at radius 3 is 2.87 bits per heavy atom. The first kappa shape index (κ1) is 10.4. The molecule has 0 unspecified atom stereocenters. The van der Waals surface area contributed by atoms with Gasteiger partial charge >= 0.3 is 0 Å². The molecule has 0 saturated heterocycles. The van der Waals surface area contributed by atoms with Gasteiger partial charge in [0.1, 0.15) is 0 Å². The summed E-state index contributed by atoms with van der Waals surface area (Å²) in [5.74, 6) is 0.732. The first-order chi connectivity index (χ1) is 7.25. The molecule has 1 heteroatoms. The van der Waals surface area contributed by atoms with Crippen LogP contribution in [0.4, 0.5) is 0 Å². The lowest BCUT2D eigenvalue weighted by Crippen LogP contribution is -2.07. The standard InChI is InChI=1S/C14H19N/c1-11(2)8-12-4-3-5-13(9-12)14-6-7-15-10-14/h3-6,9,11,15H,7-8,10H2,1-2H3. The molecule has 1 aromatic rings. The number of rotatable bonds is 3. The van der Waals surface area contributed by atoms with Gasteiger partial charge in [-0.2, -0.15) is 0 Å². The topological polar surface area (TPSA) is 12.0 Å². The predicted octanol–water partition coefficient (Wildman–Crippen LogP) is 2.87. The van der Waals surface area contributed by atoms with E-state index in [0.717, 1.165) is 19.0 Å². The Labute approximate surface area is 92.2 Å². The Hall–Kier alpha value is -1.08. The second-order valence-electron chi connectivity index (χ2n) is 4.66. The first-order valence-electron chi connectivity index (χ1n) is 5.75. The molecule has 1 aromatic carbocycles. The second kappa shape index (κ2) is 4.63. The van der Waals surface area contributed by atoms with Crippen molar-refractivity contribution in [3.8, 4) is 0 Å². The highest BCUT2D eigenvalue weighted by atomic mass is 14.9. The third-order valence-corrected chi connectivity index (χ3v) is 2.75. The maximum absolute atomic E-state index is 3.34. The summed E-state index contributed by atoms with van der Waals surface area (Å²) in [5, 5.41) is 3.34. The molecule has 15 heavy (non-hydrogen) atoms. The lowest BCUT2D eigenvalue weighted by Gasteiger charge is -2.08. The molecule has 80 valence electrons. The SMILES string of the molecule is CC(C)Cc1cccc(C2=CCNC2)c1. The maximum atomic E-state index is 3.34. The average molecular weight is 201 g/mol. The van der Waals surface area contributed by atoms with Gasteiger partial charge in [-0.1, -0.05) is 44.2 Å². The molecule has 0 bridgehead atoms. The van der Waals surface area contributed by atoms with E-state index in [1.54, 1.807) is 0 Å². The Kier molecular flexibility index (Phi) is 3.22. The molecule has 0 fully saturated rings.